The topological polar surface area (TPSA) is 54.4 Å². The van der Waals surface area contributed by atoms with Crippen molar-refractivity contribution in [2.24, 2.45) is 0 Å². The lowest BCUT2D eigenvalue weighted by Gasteiger charge is -1.99. The zero-order chi connectivity index (χ0) is 11.4. The van der Waals surface area contributed by atoms with Crippen LogP contribution in [0, 0.1) is 11.6 Å². The number of rotatable bonds is 3. The van der Waals surface area contributed by atoms with Gasteiger partial charge in [0, 0.05) is 11.6 Å². The van der Waals surface area contributed by atoms with Gasteiger partial charge in [0.1, 0.15) is 11.6 Å². The van der Waals surface area contributed by atoms with Crippen molar-refractivity contribution in [2.45, 2.75) is 0 Å². The minimum Gasteiger partial charge on any atom is -0.478 e. The van der Waals surface area contributed by atoms with Crippen molar-refractivity contribution in [1.29, 1.82) is 0 Å². The van der Waals surface area contributed by atoms with Crippen LogP contribution in [0.2, 0.25) is 0 Å². The summed E-state index contributed by atoms with van der Waals surface area (Å²) in [5.74, 6) is -3.01. The molecule has 1 N–H and O–H groups in total. The normalized spacial score (nSPS) is 10.5. The predicted octanol–water partition coefficient (Wildman–Crippen LogP) is 1.88. The summed E-state index contributed by atoms with van der Waals surface area (Å²) < 4.78 is 26.1. The van der Waals surface area contributed by atoms with Gasteiger partial charge in [0.25, 0.3) is 0 Å². The third-order valence-electron chi connectivity index (χ3n) is 1.65. The van der Waals surface area contributed by atoms with Gasteiger partial charge in [-0.05, 0) is 18.2 Å². The molecule has 0 aliphatic carbocycles. The highest BCUT2D eigenvalue weighted by Crippen LogP contribution is 2.14. The van der Waals surface area contributed by atoms with Crippen LogP contribution in [-0.2, 0) is 4.79 Å². The molecule has 0 saturated carbocycles. The standard InChI is InChI=1S/C10H6F2O3/c11-8-4-7(5-13)9(12)3-6(8)1-2-10(14)15/h1-5H,(H,14,15). The van der Waals surface area contributed by atoms with E-state index in [4.69, 9.17) is 5.11 Å². The Morgan fingerprint density at radius 2 is 1.73 bits per heavy atom. The van der Waals surface area contributed by atoms with Gasteiger partial charge in [0.05, 0.1) is 5.56 Å². The highest BCUT2D eigenvalue weighted by atomic mass is 19.1. The summed E-state index contributed by atoms with van der Waals surface area (Å²) in [7, 11) is 0. The van der Waals surface area contributed by atoms with Gasteiger partial charge in [-0.25, -0.2) is 13.6 Å². The number of carboxylic acid groups (broad SMARTS) is 1. The van der Waals surface area contributed by atoms with E-state index >= 15 is 0 Å². The largest absolute Gasteiger partial charge is 0.478 e. The van der Waals surface area contributed by atoms with Gasteiger partial charge in [0.2, 0.25) is 0 Å². The van der Waals surface area contributed by atoms with E-state index in [1.54, 1.807) is 0 Å². The third-order valence-corrected chi connectivity index (χ3v) is 1.65. The van der Waals surface area contributed by atoms with Crippen molar-refractivity contribution in [2.75, 3.05) is 0 Å². The maximum Gasteiger partial charge on any atom is 0.328 e. The number of halogens is 2. The fourth-order valence-corrected chi connectivity index (χ4v) is 0.957. The number of hydrogen-bond acceptors (Lipinski definition) is 2. The predicted molar refractivity (Wildman–Crippen MR) is 48.4 cm³/mol. The summed E-state index contributed by atoms with van der Waals surface area (Å²) in [6.45, 7) is 0. The van der Waals surface area contributed by atoms with Crippen molar-refractivity contribution in [1.82, 2.24) is 0 Å². The van der Waals surface area contributed by atoms with Gasteiger partial charge in [-0.1, -0.05) is 0 Å². The second-order valence-electron chi connectivity index (χ2n) is 2.68. The fourth-order valence-electron chi connectivity index (χ4n) is 0.957. The summed E-state index contributed by atoms with van der Waals surface area (Å²) in [6.07, 6.45) is 1.77. The Labute approximate surface area is 83.6 Å². The average molecular weight is 212 g/mol. The highest BCUT2D eigenvalue weighted by Gasteiger charge is 2.07. The van der Waals surface area contributed by atoms with Crippen molar-refractivity contribution >= 4 is 18.3 Å². The number of aliphatic carboxylic acids is 1. The summed E-state index contributed by atoms with van der Waals surface area (Å²) in [4.78, 5) is 20.4. The number of hydrogen-bond donors (Lipinski definition) is 1. The summed E-state index contributed by atoms with van der Waals surface area (Å²) in [5, 5.41) is 8.28. The maximum absolute atomic E-state index is 13.1. The molecule has 0 spiro atoms. The molecule has 5 heteroatoms. The quantitative estimate of drug-likeness (QED) is 0.614. The van der Waals surface area contributed by atoms with E-state index in [0.29, 0.717) is 12.1 Å². The monoisotopic (exact) mass is 212 g/mol. The van der Waals surface area contributed by atoms with E-state index in [9.17, 15) is 18.4 Å². The molecule has 0 amide bonds. The van der Waals surface area contributed by atoms with E-state index < -0.39 is 23.2 Å². The van der Waals surface area contributed by atoms with E-state index in [1.165, 1.54) is 0 Å². The average Bonchev–Trinajstić information content (AvgIpc) is 2.18. The molecule has 0 saturated heterocycles. The van der Waals surface area contributed by atoms with E-state index in [2.05, 4.69) is 0 Å². The van der Waals surface area contributed by atoms with Crippen LogP contribution >= 0.6 is 0 Å². The molecule has 0 fully saturated rings. The molecule has 0 unspecified atom stereocenters. The Bertz CT molecular complexity index is 439. The lowest BCUT2D eigenvalue weighted by atomic mass is 10.1. The molecule has 1 aromatic carbocycles. The van der Waals surface area contributed by atoms with Gasteiger partial charge in [-0.2, -0.15) is 0 Å². The molecule has 0 heterocycles. The Kier molecular flexibility index (Phi) is 3.28. The molecule has 0 radical (unpaired) electrons. The molecule has 1 aromatic rings. The Balaban J connectivity index is 3.16. The molecule has 0 aromatic heterocycles. The molecule has 0 aliphatic rings. The second-order valence-corrected chi connectivity index (χ2v) is 2.68. The Morgan fingerprint density at radius 3 is 2.27 bits per heavy atom. The van der Waals surface area contributed by atoms with E-state index in [1.807, 2.05) is 0 Å². The second kappa shape index (κ2) is 4.45. The number of benzene rings is 1. The van der Waals surface area contributed by atoms with Crippen LogP contribution in [0.3, 0.4) is 0 Å². The molecular formula is C10H6F2O3. The van der Waals surface area contributed by atoms with Crippen molar-refractivity contribution in [3.05, 3.63) is 41.0 Å². The van der Waals surface area contributed by atoms with Crippen LogP contribution in [0.25, 0.3) is 6.08 Å². The van der Waals surface area contributed by atoms with Crippen LogP contribution in [0.15, 0.2) is 18.2 Å². The molecule has 15 heavy (non-hydrogen) atoms. The lowest BCUT2D eigenvalue weighted by molar-refractivity contribution is -0.131. The number of carbonyl (C=O) groups excluding carboxylic acids is 1. The number of aldehydes is 1. The summed E-state index contributed by atoms with van der Waals surface area (Å²) in [5.41, 5.74) is -0.625. The first-order chi connectivity index (χ1) is 7.04. The molecule has 0 atom stereocenters. The first kappa shape index (κ1) is 11.0. The molecule has 0 aliphatic heterocycles. The minimum absolute atomic E-state index is 0.184. The van der Waals surface area contributed by atoms with Gasteiger partial charge in [-0.3, -0.25) is 4.79 Å². The minimum atomic E-state index is -1.27. The van der Waals surface area contributed by atoms with Gasteiger partial charge < -0.3 is 5.11 Å². The lowest BCUT2D eigenvalue weighted by Crippen LogP contribution is -1.93. The van der Waals surface area contributed by atoms with Gasteiger partial charge in [-0.15, -0.1) is 0 Å². The summed E-state index contributed by atoms with van der Waals surface area (Å²) in [6, 6.07) is 1.47. The van der Waals surface area contributed by atoms with Crippen LogP contribution in [0.5, 0.6) is 0 Å². The number of carbonyl (C=O) groups is 2. The van der Waals surface area contributed by atoms with Crippen LogP contribution in [-0.4, -0.2) is 17.4 Å². The SMILES string of the molecule is O=Cc1cc(F)c(C=CC(=O)O)cc1F. The Hall–Kier alpha value is -2.04. The van der Waals surface area contributed by atoms with Crippen molar-refractivity contribution in [3.63, 3.8) is 0 Å². The van der Waals surface area contributed by atoms with Crippen LogP contribution in [0.4, 0.5) is 8.78 Å². The first-order valence-corrected chi connectivity index (χ1v) is 3.90. The smallest absolute Gasteiger partial charge is 0.328 e. The zero-order valence-electron chi connectivity index (χ0n) is 7.41. The highest BCUT2D eigenvalue weighted by molar-refractivity contribution is 5.85. The van der Waals surface area contributed by atoms with Gasteiger partial charge >= 0.3 is 5.97 Å². The van der Waals surface area contributed by atoms with Crippen LogP contribution in [0.1, 0.15) is 15.9 Å². The van der Waals surface area contributed by atoms with Crippen molar-refractivity contribution < 1.29 is 23.5 Å². The number of carboxylic acids is 1. The van der Waals surface area contributed by atoms with Crippen molar-refractivity contribution in [3.8, 4) is 0 Å². The zero-order valence-corrected chi connectivity index (χ0v) is 7.41. The van der Waals surface area contributed by atoms with E-state index in [0.717, 1.165) is 12.1 Å². The molecule has 3 nitrogen and oxygen atoms in total. The molecule has 0 bridgehead atoms. The maximum atomic E-state index is 13.1. The molecular weight excluding hydrogens is 206 g/mol. The summed E-state index contributed by atoms with van der Waals surface area (Å²) >= 11 is 0. The van der Waals surface area contributed by atoms with E-state index in [-0.39, 0.29) is 11.8 Å². The molecule has 1 rings (SSSR count). The van der Waals surface area contributed by atoms with Crippen LogP contribution < -0.4 is 0 Å². The third kappa shape index (κ3) is 2.70. The van der Waals surface area contributed by atoms with Gasteiger partial charge in [0.15, 0.2) is 6.29 Å². The fraction of sp³-hybridized carbons (Fsp3) is 0. The molecule has 78 valence electrons. The first-order valence-electron chi connectivity index (χ1n) is 3.90. The Morgan fingerprint density at radius 1 is 1.20 bits per heavy atom.